The predicted molar refractivity (Wildman–Crippen MR) is 102 cm³/mol. The molecule has 0 bridgehead atoms. The first-order valence-electron chi connectivity index (χ1n) is 8.18. The van der Waals surface area contributed by atoms with Crippen molar-refractivity contribution in [2.75, 3.05) is 17.7 Å². The summed E-state index contributed by atoms with van der Waals surface area (Å²) in [7, 11) is 1.71. The molecule has 25 heavy (non-hydrogen) atoms. The van der Waals surface area contributed by atoms with Crippen molar-refractivity contribution in [1.29, 1.82) is 0 Å². The highest BCUT2D eigenvalue weighted by molar-refractivity contribution is 5.87. The molecule has 0 unspecified atom stereocenters. The van der Waals surface area contributed by atoms with E-state index in [4.69, 9.17) is 10.5 Å². The van der Waals surface area contributed by atoms with Gasteiger partial charge in [0.25, 0.3) is 0 Å². The van der Waals surface area contributed by atoms with E-state index in [2.05, 4.69) is 0 Å². The monoisotopic (exact) mass is 337 g/mol. The number of nitrogens with zero attached hydrogens (tertiary/aromatic N) is 2. The third kappa shape index (κ3) is 3.60. The topological polar surface area (TPSA) is 60.0 Å². The molecule has 0 spiro atoms. The lowest BCUT2D eigenvalue weighted by Crippen LogP contribution is -2.34. The summed E-state index contributed by atoms with van der Waals surface area (Å²) in [5, 5.41) is 0. The van der Waals surface area contributed by atoms with Gasteiger partial charge in [-0.25, -0.2) is 4.79 Å². The molecular formula is C20H23N3O2. The van der Waals surface area contributed by atoms with Crippen LogP contribution in [0.4, 0.5) is 16.2 Å². The predicted octanol–water partition coefficient (Wildman–Crippen LogP) is 4.56. The molecule has 2 N–H and O–H groups in total. The maximum Gasteiger partial charge on any atom is 0.414 e. The minimum absolute atomic E-state index is 0.385. The molecule has 5 heteroatoms. The number of ether oxygens (including phenoxy) is 1. The van der Waals surface area contributed by atoms with E-state index < -0.39 is 5.60 Å². The molecule has 0 atom stereocenters. The van der Waals surface area contributed by atoms with Crippen LogP contribution in [-0.4, -0.2) is 23.1 Å². The van der Waals surface area contributed by atoms with E-state index in [0.29, 0.717) is 0 Å². The van der Waals surface area contributed by atoms with E-state index in [1.807, 2.05) is 79.9 Å². The smallest absolute Gasteiger partial charge is 0.414 e. The Hall–Kier alpha value is -2.95. The second-order valence-electron chi connectivity index (χ2n) is 7.07. The number of nitrogen functional groups attached to an aromatic ring is 1. The summed E-state index contributed by atoms with van der Waals surface area (Å²) >= 11 is 0. The number of anilines is 2. The lowest BCUT2D eigenvalue weighted by atomic mass is 10.1. The maximum absolute atomic E-state index is 12.3. The highest BCUT2D eigenvalue weighted by atomic mass is 16.6. The van der Waals surface area contributed by atoms with Crippen LogP contribution in [0.15, 0.2) is 54.7 Å². The second-order valence-corrected chi connectivity index (χ2v) is 7.07. The lowest BCUT2D eigenvalue weighted by molar-refractivity contribution is 0.0589. The molecule has 0 fully saturated rings. The van der Waals surface area contributed by atoms with Crippen LogP contribution in [0.5, 0.6) is 0 Å². The zero-order valence-electron chi connectivity index (χ0n) is 15.0. The average Bonchev–Trinajstić information content (AvgIpc) is 2.95. The zero-order valence-corrected chi connectivity index (χ0v) is 15.0. The molecule has 0 aliphatic heterocycles. The maximum atomic E-state index is 12.3. The van der Waals surface area contributed by atoms with Gasteiger partial charge in [-0.2, -0.15) is 0 Å². The van der Waals surface area contributed by atoms with Crippen LogP contribution in [0.2, 0.25) is 0 Å². The fourth-order valence-electron chi connectivity index (χ4n) is 2.66. The summed E-state index contributed by atoms with van der Waals surface area (Å²) < 4.78 is 7.49. The van der Waals surface area contributed by atoms with E-state index in [9.17, 15) is 4.79 Å². The second kappa shape index (κ2) is 6.16. The molecule has 0 aliphatic rings. The van der Waals surface area contributed by atoms with Crippen molar-refractivity contribution in [1.82, 2.24) is 4.40 Å². The van der Waals surface area contributed by atoms with Crippen molar-refractivity contribution in [3.8, 4) is 11.3 Å². The number of carbonyl (C=O) groups excluding carboxylic acids is 1. The molecule has 0 saturated carbocycles. The van der Waals surface area contributed by atoms with Gasteiger partial charge >= 0.3 is 6.09 Å². The summed E-state index contributed by atoms with van der Waals surface area (Å²) in [6.07, 6.45) is 1.54. The Balaban J connectivity index is 1.99. The van der Waals surface area contributed by atoms with Gasteiger partial charge < -0.3 is 14.9 Å². The Morgan fingerprint density at radius 1 is 1.12 bits per heavy atom. The molecule has 0 saturated heterocycles. The summed E-state index contributed by atoms with van der Waals surface area (Å²) in [6.45, 7) is 5.56. The van der Waals surface area contributed by atoms with E-state index in [1.54, 1.807) is 7.05 Å². The van der Waals surface area contributed by atoms with Gasteiger partial charge in [-0.3, -0.25) is 4.90 Å². The number of fused-ring (bicyclic) bond motifs is 1. The SMILES string of the molecule is CN(C(=O)OC(C)(C)C)c1ccc2ccc(-c3cccc(N)c3)n2c1. The third-order valence-electron chi connectivity index (χ3n) is 3.87. The van der Waals surface area contributed by atoms with Crippen LogP contribution in [0, 0.1) is 0 Å². The molecular weight excluding hydrogens is 314 g/mol. The molecule has 3 rings (SSSR count). The number of rotatable bonds is 2. The molecule has 130 valence electrons. The van der Waals surface area contributed by atoms with Crippen LogP contribution in [0.25, 0.3) is 16.8 Å². The Bertz CT molecular complexity index is 922. The van der Waals surface area contributed by atoms with Crippen LogP contribution < -0.4 is 10.6 Å². The van der Waals surface area contributed by atoms with Crippen LogP contribution in [0.1, 0.15) is 20.8 Å². The number of aromatic nitrogens is 1. The van der Waals surface area contributed by atoms with Crippen LogP contribution in [0.3, 0.4) is 0 Å². The normalized spacial score (nSPS) is 11.5. The molecule has 0 aliphatic carbocycles. The van der Waals surface area contributed by atoms with Crippen molar-refractivity contribution >= 4 is 23.0 Å². The summed E-state index contributed by atoms with van der Waals surface area (Å²) in [6, 6.07) is 15.7. The molecule has 3 aromatic rings. The fraction of sp³-hybridized carbons (Fsp3) is 0.250. The van der Waals surface area contributed by atoms with Gasteiger partial charge in [-0.15, -0.1) is 0 Å². The van der Waals surface area contributed by atoms with Crippen molar-refractivity contribution in [3.63, 3.8) is 0 Å². The van der Waals surface area contributed by atoms with Crippen molar-refractivity contribution < 1.29 is 9.53 Å². The highest BCUT2D eigenvalue weighted by Gasteiger charge is 2.21. The lowest BCUT2D eigenvalue weighted by Gasteiger charge is -2.24. The summed E-state index contributed by atoms with van der Waals surface area (Å²) in [5.74, 6) is 0. The first-order valence-corrected chi connectivity index (χ1v) is 8.18. The number of hydrogen-bond acceptors (Lipinski definition) is 3. The molecule has 2 heterocycles. The quantitative estimate of drug-likeness (QED) is 0.697. The van der Waals surface area contributed by atoms with Gasteiger partial charge in [-0.05, 0) is 57.2 Å². The van der Waals surface area contributed by atoms with Crippen molar-refractivity contribution in [3.05, 3.63) is 54.7 Å². The third-order valence-corrected chi connectivity index (χ3v) is 3.87. The largest absolute Gasteiger partial charge is 0.443 e. The first kappa shape index (κ1) is 16.9. The summed E-state index contributed by atoms with van der Waals surface area (Å²) in [5.41, 5.74) is 9.93. The van der Waals surface area contributed by atoms with Crippen molar-refractivity contribution in [2.45, 2.75) is 26.4 Å². The number of hydrogen-bond donors (Lipinski definition) is 1. The molecule has 0 radical (unpaired) electrons. The van der Waals surface area contributed by atoms with Gasteiger partial charge in [0.15, 0.2) is 0 Å². The number of pyridine rings is 1. The average molecular weight is 337 g/mol. The standard InChI is InChI=1S/C20H23N3O2/c1-20(2,3)25-19(24)22(4)17-9-8-16-10-11-18(23(16)13-17)14-6-5-7-15(21)12-14/h5-13H,21H2,1-4H3. The number of nitrogens with two attached hydrogens (primary N) is 1. The zero-order chi connectivity index (χ0) is 18.2. The van der Waals surface area contributed by atoms with E-state index in [-0.39, 0.29) is 6.09 Å². The van der Waals surface area contributed by atoms with E-state index in [1.165, 1.54) is 4.90 Å². The highest BCUT2D eigenvalue weighted by Crippen LogP contribution is 2.27. The Labute approximate surface area is 147 Å². The van der Waals surface area contributed by atoms with Gasteiger partial charge in [0.05, 0.1) is 11.4 Å². The molecule has 2 aromatic heterocycles. The molecule has 1 amide bonds. The van der Waals surface area contributed by atoms with E-state index >= 15 is 0 Å². The van der Waals surface area contributed by atoms with Gasteiger partial charge in [0.2, 0.25) is 0 Å². The minimum Gasteiger partial charge on any atom is -0.443 e. The number of amides is 1. The molecule has 5 nitrogen and oxygen atoms in total. The minimum atomic E-state index is -0.532. The Morgan fingerprint density at radius 2 is 1.84 bits per heavy atom. The van der Waals surface area contributed by atoms with Gasteiger partial charge in [-0.1, -0.05) is 12.1 Å². The first-order chi connectivity index (χ1) is 11.7. The van der Waals surface area contributed by atoms with Crippen LogP contribution in [-0.2, 0) is 4.74 Å². The van der Waals surface area contributed by atoms with Crippen LogP contribution >= 0.6 is 0 Å². The molecule has 1 aromatic carbocycles. The Kier molecular flexibility index (Phi) is 4.17. The van der Waals surface area contributed by atoms with Crippen molar-refractivity contribution in [2.24, 2.45) is 0 Å². The van der Waals surface area contributed by atoms with E-state index in [0.717, 1.165) is 28.1 Å². The van der Waals surface area contributed by atoms with Gasteiger partial charge in [0, 0.05) is 30.0 Å². The summed E-state index contributed by atoms with van der Waals surface area (Å²) in [4.78, 5) is 13.8. The number of carbonyl (C=O) groups is 1. The number of benzene rings is 1. The fourth-order valence-corrected chi connectivity index (χ4v) is 2.66. The Morgan fingerprint density at radius 3 is 2.52 bits per heavy atom. The van der Waals surface area contributed by atoms with Gasteiger partial charge in [0.1, 0.15) is 5.60 Å².